The molecule has 1 aromatic rings. The number of carbonyl (C=O) groups excluding carboxylic acids is 3. The zero-order valence-corrected chi connectivity index (χ0v) is 18.3. The highest BCUT2D eigenvalue weighted by Crippen LogP contribution is 2.25. The second kappa shape index (κ2) is 9.57. The maximum Gasteiger partial charge on any atom is 0.332 e. The number of carbonyl (C=O) groups is 3. The largest absolute Gasteiger partial charge is 0.374 e. The number of imide groups is 1. The van der Waals surface area contributed by atoms with Crippen LogP contribution in [0.4, 0.5) is 10.5 Å². The summed E-state index contributed by atoms with van der Waals surface area (Å²) in [7, 11) is 0. The molecule has 1 aromatic carbocycles. The minimum Gasteiger partial charge on any atom is -0.374 e. The predicted molar refractivity (Wildman–Crippen MR) is 114 cm³/mol. The van der Waals surface area contributed by atoms with Crippen LogP contribution in [0.5, 0.6) is 0 Å². The fourth-order valence-electron chi connectivity index (χ4n) is 3.92. The number of rotatable bonds is 7. The summed E-state index contributed by atoms with van der Waals surface area (Å²) in [6, 6.07) is 6.29. The molecule has 4 amide bonds. The normalized spacial score (nSPS) is 22.8. The molecule has 0 unspecified atom stereocenters. The van der Waals surface area contributed by atoms with Gasteiger partial charge in [-0.15, -0.1) is 0 Å². The molecular weight excluding hydrogens is 384 g/mol. The predicted octanol–water partition coefficient (Wildman–Crippen LogP) is 1.63. The van der Waals surface area contributed by atoms with Gasteiger partial charge >= 0.3 is 6.03 Å². The summed E-state index contributed by atoms with van der Waals surface area (Å²) in [6.07, 6.45) is -0.0885. The Balaban J connectivity index is 1.54. The summed E-state index contributed by atoms with van der Waals surface area (Å²) in [6.45, 7) is 11.4. The molecule has 0 bridgehead atoms. The van der Waals surface area contributed by atoms with Gasteiger partial charge in [-0.25, -0.2) is 4.79 Å². The van der Waals surface area contributed by atoms with Gasteiger partial charge in [-0.2, -0.15) is 0 Å². The zero-order chi connectivity index (χ0) is 21.8. The van der Waals surface area contributed by atoms with E-state index in [9.17, 15) is 14.4 Å². The zero-order valence-electron chi connectivity index (χ0n) is 18.3. The Morgan fingerprint density at radius 3 is 2.60 bits per heavy atom. The molecule has 8 nitrogen and oxygen atoms in total. The highest BCUT2D eigenvalue weighted by molar-refractivity contribution is 6.15. The van der Waals surface area contributed by atoms with Crippen molar-refractivity contribution in [1.29, 1.82) is 0 Å². The van der Waals surface area contributed by atoms with Crippen LogP contribution in [0.15, 0.2) is 24.3 Å². The summed E-state index contributed by atoms with van der Waals surface area (Å²) in [5, 5.41) is 2.82. The van der Waals surface area contributed by atoms with Gasteiger partial charge in [-0.05, 0) is 31.9 Å². The van der Waals surface area contributed by atoms with Crippen molar-refractivity contribution in [3.05, 3.63) is 29.8 Å². The topological polar surface area (TPSA) is 82.2 Å². The van der Waals surface area contributed by atoms with E-state index in [-0.39, 0.29) is 24.5 Å². The van der Waals surface area contributed by atoms with Crippen LogP contribution < -0.4 is 10.2 Å². The number of hydrogen-bond acceptors (Lipinski definition) is 5. The van der Waals surface area contributed by atoms with E-state index in [1.165, 1.54) is 4.90 Å². The first-order chi connectivity index (χ1) is 14.3. The summed E-state index contributed by atoms with van der Waals surface area (Å²) in [5.74, 6) is -0.156. The molecule has 2 heterocycles. The lowest BCUT2D eigenvalue weighted by Gasteiger charge is -2.34. The molecule has 3 rings (SSSR count). The molecule has 0 spiro atoms. The van der Waals surface area contributed by atoms with Gasteiger partial charge in [-0.1, -0.05) is 31.5 Å². The molecule has 2 saturated heterocycles. The lowest BCUT2D eigenvalue weighted by molar-refractivity contribution is -0.132. The van der Waals surface area contributed by atoms with Crippen molar-refractivity contribution >= 4 is 23.5 Å². The monoisotopic (exact) mass is 416 g/mol. The number of nitrogens with one attached hydrogen (secondary N) is 1. The minimum atomic E-state index is -0.640. The quantitative estimate of drug-likeness (QED) is 0.683. The molecule has 1 N–H and O–H groups in total. The molecule has 164 valence electrons. The Kier molecular flexibility index (Phi) is 7.10. The Hall–Kier alpha value is -2.45. The lowest BCUT2D eigenvalue weighted by atomic mass is 10.2. The van der Waals surface area contributed by atoms with Crippen molar-refractivity contribution in [1.82, 2.24) is 15.1 Å². The van der Waals surface area contributed by atoms with Crippen LogP contribution in [0.3, 0.4) is 0 Å². The van der Waals surface area contributed by atoms with E-state index < -0.39 is 12.1 Å². The van der Waals surface area contributed by atoms with Crippen molar-refractivity contribution in [3.63, 3.8) is 0 Å². The third kappa shape index (κ3) is 5.17. The summed E-state index contributed by atoms with van der Waals surface area (Å²) in [4.78, 5) is 42.7. The first-order valence-electron chi connectivity index (χ1n) is 10.6. The molecule has 0 saturated carbocycles. The highest BCUT2D eigenvalue weighted by atomic mass is 16.5. The van der Waals surface area contributed by atoms with Crippen LogP contribution in [-0.4, -0.2) is 79.1 Å². The van der Waals surface area contributed by atoms with E-state index in [0.29, 0.717) is 24.8 Å². The number of amides is 4. The smallest absolute Gasteiger partial charge is 0.332 e. The number of morpholine rings is 1. The van der Waals surface area contributed by atoms with Crippen LogP contribution in [0, 0.1) is 12.8 Å². The average molecular weight is 417 g/mol. The van der Waals surface area contributed by atoms with Gasteiger partial charge in [-0.3, -0.25) is 24.3 Å². The number of benzene rings is 1. The van der Waals surface area contributed by atoms with E-state index in [4.69, 9.17) is 4.74 Å². The molecule has 30 heavy (non-hydrogen) atoms. The number of ether oxygens (including phenoxy) is 1. The number of urea groups is 1. The molecule has 0 radical (unpaired) electrons. The Bertz CT molecular complexity index is 780. The average Bonchev–Trinajstić information content (AvgIpc) is 2.90. The van der Waals surface area contributed by atoms with Gasteiger partial charge in [0.1, 0.15) is 12.6 Å². The van der Waals surface area contributed by atoms with E-state index in [2.05, 4.69) is 24.1 Å². The number of anilines is 1. The van der Waals surface area contributed by atoms with Gasteiger partial charge in [0.25, 0.3) is 5.91 Å². The van der Waals surface area contributed by atoms with E-state index in [1.807, 2.05) is 31.2 Å². The van der Waals surface area contributed by atoms with Gasteiger partial charge < -0.3 is 10.1 Å². The van der Waals surface area contributed by atoms with Gasteiger partial charge in [0, 0.05) is 31.9 Å². The summed E-state index contributed by atoms with van der Waals surface area (Å²) in [5.41, 5.74) is 1.72. The second-order valence-electron chi connectivity index (χ2n) is 8.54. The van der Waals surface area contributed by atoms with Crippen LogP contribution in [0.2, 0.25) is 0 Å². The van der Waals surface area contributed by atoms with Crippen molar-refractivity contribution in [3.8, 4) is 0 Å². The molecule has 0 aliphatic carbocycles. The molecule has 2 aliphatic rings. The highest BCUT2D eigenvalue weighted by Gasteiger charge is 2.44. The standard InChI is InChI=1S/C22H32N4O4/c1-15(2)12-24-9-10-30-19(13-24)11-23-20(27)14-25-21(28)17(4)26(22(25)29)18-7-5-16(3)6-8-18/h5-8,15,17,19H,9-14H2,1-4H3,(H,23,27)/t17-,19+/m1/s1. The molecule has 2 aliphatic heterocycles. The number of hydrogen-bond donors (Lipinski definition) is 1. The maximum absolute atomic E-state index is 12.8. The van der Waals surface area contributed by atoms with Gasteiger partial charge in [0.2, 0.25) is 5.91 Å². The van der Waals surface area contributed by atoms with E-state index in [0.717, 1.165) is 30.1 Å². The Labute approximate surface area is 178 Å². The van der Waals surface area contributed by atoms with Crippen molar-refractivity contribution in [2.24, 2.45) is 5.92 Å². The molecule has 2 atom stereocenters. The van der Waals surface area contributed by atoms with E-state index >= 15 is 0 Å². The van der Waals surface area contributed by atoms with Crippen LogP contribution in [0.25, 0.3) is 0 Å². The van der Waals surface area contributed by atoms with Crippen LogP contribution in [0.1, 0.15) is 26.3 Å². The second-order valence-corrected chi connectivity index (χ2v) is 8.54. The molecule has 2 fully saturated rings. The minimum absolute atomic E-state index is 0.0885. The Morgan fingerprint density at radius 2 is 1.93 bits per heavy atom. The number of aryl methyl sites for hydroxylation is 1. The lowest BCUT2D eigenvalue weighted by Crippen LogP contribution is -2.50. The van der Waals surface area contributed by atoms with Gasteiger partial charge in [0.15, 0.2) is 0 Å². The van der Waals surface area contributed by atoms with E-state index in [1.54, 1.807) is 6.92 Å². The SMILES string of the molecule is Cc1ccc(N2C(=O)N(CC(=O)NC[C@H]3CN(CC(C)C)CCO3)C(=O)[C@H]2C)cc1. The first kappa shape index (κ1) is 22.2. The Morgan fingerprint density at radius 1 is 1.23 bits per heavy atom. The summed E-state index contributed by atoms with van der Waals surface area (Å²) >= 11 is 0. The van der Waals surface area contributed by atoms with Crippen LogP contribution in [-0.2, 0) is 14.3 Å². The van der Waals surface area contributed by atoms with Gasteiger partial charge in [0.05, 0.1) is 12.7 Å². The molecule has 0 aromatic heterocycles. The first-order valence-corrected chi connectivity index (χ1v) is 10.6. The molecule has 8 heteroatoms. The third-order valence-electron chi connectivity index (χ3n) is 5.43. The fourth-order valence-corrected chi connectivity index (χ4v) is 3.92. The summed E-state index contributed by atoms with van der Waals surface area (Å²) < 4.78 is 5.74. The number of nitrogens with zero attached hydrogens (tertiary/aromatic N) is 3. The van der Waals surface area contributed by atoms with Crippen LogP contribution >= 0.6 is 0 Å². The van der Waals surface area contributed by atoms with Crippen molar-refractivity contribution in [2.45, 2.75) is 39.8 Å². The maximum atomic E-state index is 12.8. The van der Waals surface area contributed by atoms with Crippen molar-refractivity contribution < 1.29 is 19.1 Å². The third-order valence-corrected chi connectivity index (χ3v) is 5.43. The van der Waals surface area contributed by atoms with Crippen molar-refractivity contribution in [2.75, 3.05) is 44.2 Å². The fraction of sp³-hybridized carbons (Fsp3) is 0.591. The molecular formula is C22H32N4O4.